The minimum absolute atomic E-state index is 0.0270. The largest absolute Gasteiger partial charge is 0.481 e. The zero-order chi connectivity index (χ0) is 15.1. The van der Waals surface area contributed by atoms with E-state index < -0.39 is 4.92 Å². The highest BCUT2D eigenvalue weighted by atomic mass is 32.1. The number of hydrogen-bond donors (Lipinski definition) is 1. The minimum Gasteiger partial charge on any atom is -0.481 e. The van der Waals surface area contributed by atoms with Crippen LogP contribution in [0, 0.1) is 22.0 Å². The van der Waals surface area contributed by atoms with Crippen molar-refractivity contribution in [3.8, 4) is 17.6 Å². The molecule has 1 heterocycles. The Hall–Kier alpha value is -2.36. The van der Waals surface area contributed by atoms with Gasteiger partial charge in [0.05, 0.1) is 16.4 Å². The van der Waals surface area contributed by atoms with Gasteiger partial charge in [-0.25, -0.2) is 0 Å². The van der Waals surface area contributed by atoms with Gasteiger partial charge in [-0.05, 0) is 17.5 Å². The van der Waals surface area contributed by atoms with Gasteiger partial charge in [-0.15, -0.1) is 11.3 Å². The Morgan fingerprint density at radius 2 is 2.14 bits per heavy atom. The Labute approximate surface area is 126 Å². The fourth-order valence-corrected chi connectivity index (χ4v) is 2.39. The van der Waals surface area contributed by atoms with Crippen molar-refractivity contribution in [2.24, 2.45) is 0 Å². The van der Waals surface area contributed by atoms with Gasteiger partial charge in [0.2, 0.25) is 0 Å². The summed E-state index contributed by atoms with van der Waals surface area (Å²) in [6, 6.07) is 8.14. The molecule has 0 amide bonds. The molecule has 0 aliphatic rings. The molecule has 1 N–H and O–H groups in total. The number of aliphatic hydroxyl groups is 1. The van der Waals surface area contributed by atoms with Crippen molar-refractivity contribution >= 4 is 17.0 Å². The fourth-order valence-electron chi connectivity index (χ4n) is 1.65. The summed E-state index contributed by atoms with van der Waals surface area (Å²) in [5, 5.41) is 21.5. The molecule has 108 valence electrons. The zero-order valence-corrected chi connectivity index (χ0v) is 11.9. The van der Waals surface area contributed by atoms with Gasteiger partial charge in [-0.1, -0.05) is 24.0 Å². The summed E-state index contributed by atoms with van der Waals surface area (Å²) in [5.41, 5.74) is 0.772. The van der Waals surface area contributed by atoms with Gasteiger partial charge in [0, 0.05) is 18.1 Å². The lowest BCUT2D eigenvalue weighted by Gasteiger charge is -2.05. The summed E-state index contributed by atoms with van der Waals surface area (Å²) in [6.45, 7) is 0.255. The molecule has 0 aliphatic heterocycles. The van der Waals surface area contributed by atoms with Gasteiger partial charge in [-0.3, -0.25) is 10.1 Å². The molecule has 0 radical (unpaired) electrons. The molecular formula is C15H13NO4S. The third-order valence-corrected chi connectivity index (χ3v) is 3.52. The molecule has 0 unspecified atom stereocenters. The van der Waals surface area contributed by atoms with Crippen LogP contribution in [0.1, 0.15) is 16.9 Å². The lowest BCUT2D eigenvalue weighted by molar-refractivity contribution is -0.385. The van der Waals surface area contributed by atoms with Crippen molar-refractivity contribution in [2.75, 3.05) is 6.61 Å². The first kappa shape index (κ1) is 15.0. The number of nitrogens with zero attached hydrogens (tertiary/aromatic N) is 1. The zero-order valence-electron chi connectivity index (χ0n) is 11.1. The summed E-state index contributed by atoms with van der Waals surface area (Å²) in [7, 11) is 0. The van der Waals surface area contributed by atoms with Gasteiger partial charge in [0.1, 0.15) is 6.61 Å². The molecule has 5 nitrogen and oxygen atoms in total. The molecular weight excluding hydrogens is 290 g/mol. The van der Waals surface area contributed by atoms with Crippen molar-refractivity contribution in [2.45, 2.75) is 13.0 Å². The molecule has 0 saturated heterocycles. The van der Waals surface area contributed by atoms with E-state index in [1.807, 2.05) is 11.4 Å². The summed E-state index contributed by atoms with van der Waals surface area (Å²) in [4.78, 5) is 11.3. The standard InChI is InChI=1S/C15H13NO4S/c17-9-4-3-5-12-8-10-21-15(12)11-20-14-7-2-1-6-13(14)16(18)19/h1-2,6-8,10,17H,4,9,11H2. The van der Waals surface area contributed by atoms with E-state index in [0.29, 0.717) is 6.42 Å². The number of hydrogen-bond acceptors (Lipinski definition) is 5. The van der Waals surface area contributed by atoms with E-state index in [-0.39, 0.29) is 24.7 Å². The molecule has 21 heavy (non-hydrogen) atoms. The minimum atomic E-state index is -0.467. The van der Waals surface area contributed by atoms with Crippen LogP contribution in [0.25, 0.3) is 0 Å². The van der Waals surface area contributed by atoms with Gasteiger partial charge in [0.15, 0.2) is 5.75 Å². The van der Waals surface area contributed by atoms with Gasteiger partial charge in [-0.2, -0.15) is 0 Å². The highest BCUT2D eigenvalue weighted by Crippen LogP contribution is 2.27. The van der Waals surface area contributed by atoms with E-state index in [0.717, 1.165) is 10.4 Å². The molecule has 0 atom stereocenters. The smallest absolute Gasteiger partial charge is 0.310 e. The molecule has 6 heteroatoms. The van der Waals surface area contributed by atoms with Crippen LogP contribution in [-0.2, 0) is 6.61 Å². The molecule has 2 rings (SSSR count). The molecule has 1 aromatic heterocycles. The number of ether oxygens (including phenoxy) is 1. The molecule has 1 aromatic carbocycles. The highest BCUT2D eigenvalue weighted by molar-refractivity contribution is 7.10. The molecule has 2 aromatic rings. The Kier molecular flexibility index (Phi) is 5.32. The Bertz CT molecular complexity index is 684. The summed E-state index contributed by atoms with van der Waals surface area (Å²) in [6.07, 6.45) is 0.417. The third-order valence-electron chi connectivity index (χ3n) is 2.63. The van der Waals surface area contributed by atoms with Gasteiger partial charge < -0.3 is 9.84 Å². The van der Waals surface area contributed by atoms with Crippen LogP contribution >= 0.6 is 11.3 Å². The van der Waals surface area contributed by atoms with E-state index in [1.165, 1.54) is 17.4 Å². The average molecular weight is 303 g/mol. The first-order valence-corrected chi connectivity index (χ1v) is 7.12. The van der Waals surface area contributed by atoms with E-state index in [9.17, 15) is 10.1 Å². The number of aliphatic hydroxyl groups excluding tert-OH is 1. The quantitative estimate of drug-likeness (QED) is 0.523. The lowest BCUT2D eigenvalue weighted by Crippen LogP contribution is -1.98. The second kappa shape index (κ2) is 7.43. The number of thiophene rings is 1. The maximum absolute atomic E-state index is 10.9. The van der Waals surface area contributed by atoms with Crippen LogP contribution in [-0.4, -0.2) is 16.6 Å². The lowest BCUT2D eigenvalue weighted by atomic mass is 10.2. The van der Waals surface area contributed by atoms with Crippen molar-refractivity contribution < 1.29 is 14.8 Å². The Morgan fingerprint density at radius 1 is 1.33 bits per heavy atom. The average Bonchev–Trinajstić information content (AvgIpc) is 2.93. The molecule has 0 spiro atoms. The van der Waals surface area contributed by atoms with Crippen LogP contribution in [0.15, 0.2) is 35.7 Å². The predicted octanol–water partition coefficient (Wildman–Crippen LogP) is 2.97. The number of nitro groups is 1. The van der Waals surface area contributed by atoms with Crippen LogP contribution in [0.4, 0.5) is 5.69 Å². The van der Waals surface area contributed by atoms with Crippen molar-refractivity contribution in [1.82, 2.24) is 0 Å². The Balaban J connectivity index is 2.10. The fraction of sp³-hybridized carbons (Fsp3) is 0.200. The third kappa shape index (κ3) is 4.05. The monoisotopic (exact) mass is 303 g/mol. The second-order valence-corrected chi connectivity index (χ2v) is 5.05. The normalized spacial score (nSPS) is 9.76. The number of rotatable bonds is 5. The second-order valence-electron chi connectivity index (χ2n) is 4.05. The summed E-state index contributed by atoms with van der Waals surface area (Å²) < 4.78 is 5.54. The summed E-state index contributed by atoms with van der Waals surface area (Å²) >= 11 is 1.48. The molecule has 0 aliphatic carbocycles. The van der Waals surface area contributed by atoms with Crippen molar-refractivity contribution in [3.63, 3.8) is 0 Å². The number of benzene rings is 1. The predicted molar refractivity (Wildman–Crippen MR) is 80.3 cm³/mol. The van der Waals surface area contributed by atoms with Crippen LogP contribution in [0.3, 0.4) is 0 Å². The van der Waals surface area contributed by atoms with Crippen molar-refractivity contribution in [3.05, 3.63) is 56.3 Å². The van der Waals surface area contributed by atoms with E-state index in [1.54, 1.807) is 18.2 Å². The highest BCUT2D eigenvalue weighted by Gasteiger charge is 2.14. The maximum atomic E-state index is 10.9. The number of nitro benzene ring substituents is 1. The first-order valence-electron chi connectivity index (χ1n) is 6.24. The topological polar surface area (TPSA) is 72.6 Å². The van der Waals surface area contributed by atoms with E-state index in [2.05, 4.69) is 11.8 Å². The first-order chi connectivity index (χ1) is 10.2. The molecule has 0 saturated carbocycles. The summed E-state index contributed by atoms with van der Waals surface area (Å²) in [5.74, 6) is 6.04. The van der Waals surface area contributed by atoms with Crippen LogP contribution in [0.5, 0.6) is 5.75 Å². The number of para-hydroxylation sites is 2. The van der Waals surface area contributed by atoms with Crippen LogP contribution in [0.2, 0.25) is 0 Å². The van der Waals surface area contributed by atoms with Crippen molar-refractivity contribution in [1.29, 1.82) is 0 Å². The van der Waals surface area contributed by atoms with E-state index >= 15 is 0 Å². The Morgan fingerprint density at radius 3 is 2.90 bits per heavy atom. The van der Waals surface area contributed by atoms with E-state index in [4.69, 9.17) is 9.84 Å². The molecule has 0 fully saturated rings. The van der Waals surface area contributed by atoms with Gasteiger partial charge in [0.25, 0.3) is 0 Å². The maximum Gasteiger partial charge on any atom is 0.310 e. The van der Waals surface area contributed by atoms with Crippen LogP contribution < -0.4 is 4.74 Å². The molecule has 0 bridgehead atoms. The SMILES string of the molecule is O=[N+]([O-])c1ccccc1OCc1sccc1C#CCCO. The van der Waals surface area contributed by atoms with Gasteiger partial charge >= 0.3 is 5.69 Å².